The minimum Gasteiger partial charge on any atom is -0.198 e. The molecular formula is C8H12N4. The van der Waals surface area contributed by atoms with Crippen LogP contribution in [0.2, 0.25) is 0 Å². The fraction of sp³-hybridized carbons (Fsp3) is 0.875. The monoisotopic (exact) mass is 164 g/mol. The molecule has 4 nitrogen and oxygen atoms in total. The number of hydrogen-bond acceptors (Lipinski definition) is 2. The van der Waals surface area contributed by atoms with Crippen molar-refractivity contribution in [2.75, 3.05) is 0 Å². The molecule has 12 heavy (non-hydrogen) atoms. The van der Waals surface area contributed by atoms with Gasteiger partial charge in [-0.1, -0.05) is 18.0 Å². The average molecular weight is 164 g/mol. The second-order valence-corrected chi connectivity index (χ2v) is 3.43. The highest BCUT2D eigenvalue weighted by Crippen LogP contribution is 2.35. The third-order valence-electron chi connectivity index (χ3n) is 2.63. The Balaban J connectivity index is 2.79. The molecule has 1 rings (SSSR count). The molecular weight excluding hydrogens is 152 g/mol. The number of hydrogen-bond donors (Lipinski definition) is 0. The minimum absolute atomic E-state index is 0.262. The Labute approximate surface area is 71.8 Å². The summed E-state index contributed by atoms with van der Waals surface area (Å²) < 4.78 is 0. The summed E-state index contributed by atoms with van der Waals surface area (Å²) in [6.45, 7) is 1.72. The van der Waals surface area contributed by atoms with Gasteiger partial charge >= 0.3 is 0 Å². The normalized spacial score (nSPS) is 22.3. The van der Waals surface area contributed by atoms with Gasteiger partial charge in [-0.05, 0) is 31.2 Å². The summed E-state index contributed by atoms with van der Waals surface area (Å²) in [5, 5.41) is 12.4. The predicted octanol–water partition coefficient (Wildman–Crippen LogP) is 2.77. The molecule has 0 aromatic rings. The van der Waals surface area contributed by atoms with E-state index in [0.717, 1.165) is 25.7 Å². The summed E-state index contributed by atoms with van der Waals surface area (Å²) in [6.07, 6.45) is 4.35. The lowest BCUT2D eigenvalue weighted by Gasteiger charge is -2.21. The highest BCUT2D eigenvalue weighted by molar-refractivity contribution is 5.09. The van der Waals surface area contributed by atoms with E-state index in [2.05, 4.69) is 16.1 Å². The average Bonchev–Trinajstić information content (AvgIpc) is 2.57. The van der Waals surface area contributed by atoms with Gasteiger partial charge in [0.2, 0.25) is 0 Å². The van der Waals surface area contributed by atoms with Crippen LogP contribution in [0.1, 0.15) is 32.6 Å². The third-order valence-corrected chi connectivity index (χ3v) is 2.63. The fourth-order valence-corrected chi connectivity index (χ4v) is 1.78. The lowest BCUT2D eigenvalue weighted by molar-refractivity contribution is 0.375. The number of rotatable bonds is 2. The van der Waals surface area contributed by atoms with Gasteiger partial charge in [0, 0.05) is 4.91 Å². The van der Waals surface area contributed by atoms with Gasteiger partial charge in [-0.3, -0.25) is 0 Å². The van der Waals surface area contributed by atoms with Gasteiger partial charge in [0.25, 0.3) is 0 Å². The zero-order valence-electron chi connectivity index (χ0n) is 7.19. The molecule has 1 aliphatic carbocycles. The number of azide groups is 1. The molecule has 0 radical (unpaired) electrons. The molecule has 1 atom stereocenters. The quantitative estimate of drug-likeness (QED) is 0.351. The summed E-state index contributed by atoms with van der Waals surface area (Å²) in [4.78, 5) is 2.73. The topological polar surface area (TPSA) is 72.5 Å². The fourth-order valence-electron chi connectivity index (χ4n) is 1.78. The summed E-state index contributed by atoms with van der Waals surface area (Å²) in [5.41, 5.74) is 7.49. The van der Waals surface area contributed by atoms with Gasteiger partial charge in [-0.15, -0.1) is 0 Å². The lowest BCUT2D eigenvalue weighted by atomic mass is 9.87. The van der Waals surface area contributed by atoms with Crippen molar-refractivity contribution in [2.24, 2.45) is 11.0 Å². The van der Waals surface area contributed by atoms with E-state index in [9.17, 15) is 0 Å². The van der Waals surface area contributed by atoms with E-state index < -0.39 is 5.54 Å². The molecule has 1 saturated carbocycles. The SMILES string of the molecule is CC(C#N)(N=[N+]=[N-])C1CCCC1. The van der Waals surface area contributed by atoms with Gasteiger partial charge in [0.05, 0.1) is 6.07 Å². The van der Waals surface area contributed by atoms with Crippen molar-refractivity contribution in [3.05, 3.63) is 10.4 Å². The van der Waals surface area contributed by atoms with Gasteiger partial charge in [-0.25, -0.2) is 0 Å². The van der Waals surface area contributed by atoms with Crippen molar-refractivity contribution in [1.82, 2.24) is 0 Å². The van der Waals surface area contributed by atoms with E-state index in [1.807, 2.05) is 0 Å². The van der Waals surface area contributed by atoms with E-state index in [-0.39, 0.29) is 5.92 Å². The lowest BCUT2D eigenvalue weighted by Crippen LogP contribution is -2.28. The number of nitriles is 1. The van der Waals surface area contributed by atoms with Crippen molar-refractivity contribution >= 4 is 0 Å². The Kier molecular flexibility index (Phi) is 2.57. The van der Waals surface area contributed by atoms with Crippen LogP contribution in [0.15, 0.2) is 5.11 Å². The number of nitrogens with zero attached hydrogens (tertiary/aromatic N) is 4. The van der Waals surface area contributed by atoms with Crippen LogP contribution < -0.4 is 0 Å². The summed E-state index contributed by atoms with van der Waals surface area (Å²) >= 11 is 0. The second kappa shape index (κ2) is 3.46. The molecule has 0 saturated heterocycles. The van der Waals surface area contributed by atoms with E-state index in [0.29, 0.717) is 0 Å². The van der Waals surface area contributed by atoms with Crippen molar-refractivity contribution < 1.29 is 0 Å². The van der Waals surface area contributed by atoms with E-state index in [4.69, 9.17) is 10.8 Å². The highest BCUT2D eigenvalue weighted by Gasteiger charge is 2.35. The summed E-state index contributed by atoms with van der Waals surface area (Å²) in [6, 6.07) is 2.10. The molecule has 0 heterocycles. The van der Waals surface area contributed by atoms with Crippen LogP contribution in [0.5, 0.6) is 0 Å². The van der Waals surface area contributed by atoms with E-state index >= 15 is 0 Å². The Hall–Kier alpha value is -1.20. The van der Waals surface area contributed by atoms with Crippen molar-refractivity contribution in [1.29, 1.82) is 5.26 Å². The van der Waals surface area contributed by atoms with Crippen LogP contribution in [0, 0.1) is 17.2 Å². The van der Waals surface area contributed by atoms with Gasteiger partial charge in [0.15, 0.2) is 0 Å². The van der Waals surface area contributed by atoms with E-state index in [1.54, 1.807) is 6.92 Å². The van der Waals surface area contributed by atoms with Crippen LogP contribution in [0.25, 0.3) is 10.4 Å². The molecule has 64 valence electrons. The first-order valence-electron chi connectivity index (χ1n) is 4.20. The Morgan fingerprint density at radius 1 is 1.58 bits per heavy atom. The molecule has 0 bridgehead atoms. The van der Waals surface area contributed by atoms with Crippen molar-refractivity contribution in [2.45, 2.75) is 38.1 Å². The largest absolute Gasteiger partial charge is 0.198 e. The smallest absolute Gasteiger partial charge is 0.135 e. The van der Waals surface area contributed by atoms with Gasteiger partial charge < -0.3 is 0 Å². The maximum Gasteiger partial charge on any atom is 0.135 e. The Morgan fingerprint density at radius 3 is 2.58 bits per heavy atom. The van der Waals surface area contributed by atoms with Gasteiger partial charge in [0.1, 0.15) is 5.54 Å². The molecule has 1 unspecified atom stereocenters. The maximum absolute atomic E-state index is 8.86. The van der Waals surface area contributed by atoms with Crippen molar-refractivity contribution in [3.63, 3.8) is 0 Å². The molecule has 0 N–H and O–H groups in total. The summed E-state index contributed by atoms with van der Waals surface area (Å²) in [7, 11) is 0. The molecule has 0 aromatic heterocycles. The third kappa shape index (κ3) is 1.51. The maximum atomic E-state index is 8.86. The van der Waals surface area contributed by atoms with E-state index in [1.165, 1.54) is 0 Å². The standard InChI is InChI=1S/C8H12N4/c1-8(6-9,11-12-10)7-4-2-3-5-7/h7H,2-5H2,1H3. The molecule has 0 aromatic carbocycles. The molecule has 4 heteroatoms. The summed E-state index contributed by atoms with van der Waals surface area (Å²) in [5.74, 6) is 0.262. The highest BCUT2D eigenvalue weighted by atomic mass is 15.2. The van der Waals surface area contributed by atoms with Gasteiger partial charge in [-0.2, -0.15) is 5.26 Å². The first kappa shape index (κ1) is 8.89. The van der Waals surface area contributed by atoms with Crippen molar-refractivity contribution in [3.8, 4) is 6.07 Å². The minimum atomic E-state index is -0.814. The molecule has 1 fully saturated rings. The van der Waals surface area contributed by atoms with Crippen LogP contribution in [-0.2, 0) is 0 Å². The second-order valence-electron chi connectivity index (χ2n) is 3.43. The predicted molar refractivity (Wildman–Crippen MR) is 45.1 cm³/mol. The first-order chi connectivity index (χ1) is 5.73. The van der Waals surface area contributed by atoms with Crippen LogP contribution in [0.4, 0.5) is 0 Å². The Morgan fingerprint density at radius 2 is 2.17 bits per heavy atom. The van der Waals surface area contributed by atoms with Crippen LogP contribution in [-0.4, -0.2) is 5.54 Å². The van der Waals surface area contributed by atoms with Crippen LogP contribution >= 0.6 is 0 Å². The van der Waals surface area contributed by atoms with Crippen LogP contribution in [0.3, 0.4) is 0 Å². The molecule has 0 aliphatic heterocycles. The molecule has 0 spiro atoms. The molecule has 1 aliphatic rings. The zero-order chi connectivity index (χ0) is 9.03. The first-order valence-corrected chi connectivity index (χ1v) is 4.20. The molecule has 0 amide bonds. The Bertz CT molecular complexity index is 242. The zero-order valence-corrected chi connectivity index (χ0v) is 7.19.